The molecule has 1 aliphatic rings. The number of benzene rings is 2. The van der Waals surface area contributed by atoms with E-state index in [1.165, 1.54) is 12.1 Å². The van der Waals surface area contributed by atoms with Gasteiger partial charge in [0.25, 0.3) is 5.56 Å². The van der Waals surface area contributed by atoms with Crippen LogP contribution in [-0.4, -0.2) is 65.8 Å². The Morgan fingerprint density at radius 1 is 1.24 bits per heavy atom. The maximum Gasteiger partial charge on any atom is 0.261 e. The summed E-state index contributed by atoms with van der Waals surface area (Å²) in [5.41, 5.74) is 8.91. The molecular weight excluding hydrogens is 423 g/mol. The molecule has 3 heterocycles. The molecule has 33 heavy (non-hydrogen) atoms. The lowest BCUT2D eigenvalue weighted by Crippen LogP contribution is -2.51. The van der Waals surface area contributed by atoms with Crippen LogP contribution in [0.5, 0.6) is 0 Å². The largest absolute Gasteiger partial charge is 0.397 e. The number of imidazole rings is 1. The molecule has 172 valence electrons. The molecule has 1 aliphatic heterocycles. The molecule has 0 spiro atoms. The fraction of sp³-hybridized carbons (Fsp3) is 0.333. The van der Waals surface area contributed by atoms with Crippen LogP contribution in [0, 0.1) is 5.82 Å². The van der Waals surface area contributed by atoms with E-state index in [4.69, 9.17) is 10.5 Å². The molecule has 0 unspecified atom stereocenters. The normalized spacial score (nSPS) is 19.1. The summed E-state index contributed by atoms with van der Waals surface area (Å²) < 4.78 is 20.4. The fourth-order valence-corrected chi connectivity index (χ4v) is 4.56. The standard InChI is InChI=1S/C24H27FN6O2/c1-13-12-33-15(10-30(2)3)11-31(13)14-7-8-17-19(9-14)28-23(27-17)21-22(26)20-16(25)5-4-6-18(20)29-24(21)32/h4-9,13,15H,10-12H2,1-3H3,(H,27,28)(H3,26,29,32)/t13-,15+/m1/s1. The Labute approximate surface area is 190 Å². The van der Waals surface area contributed by atoms with Gasteiger partial charge >= 0.3 is 0 Å². The van der Waals surface area contributed by atoms with Gasteiger partial charge in [-0.25, -0.2) is 9.37 Å². The van der Waals surface area contributed by atoms with E-state index in [2.05, 4.69) is 31.7 Å². The van der Waals surface area contributed by atoms with Gasteiger partial charge < -0.3 is 30.2 Å². The average molecular weight is 451 g/mol. The first-order chi connectivity index (χ1) is 15.8. The Morgan fingerprint density at radius 3 is 2.85 bits per heavy atom. The molecule has 0 aliphatic carbocycles. The number of rotatable bonds is 4. The highest BCUT2D eigenvalue weighted by molar-refractivity contribution is 5.98. The number of aromatic amines is 2. The smallest absolute Gasteiger partial charge is 0.261 e. The van der Waals surface area contributed by atoms with Crippen LogP contribution in [-0.2, 0) is 4.74 Å². The highest BCUT2D eigenvalue weighted by Crippen LogP contribution is 2.31. The SMILES string of the molecule is C[C@@H]1CO[C@@H](CN(C)C)CN1c1ccc2nc(-c3c(N)c4c(F)cccc4[nH]c3=O)[nH]c2c1. The molecule has 0 bridgehead atoms. The second kappa shape index (κ2) is 8.17. The van der Waals surface area contributed by atoms with E-state index in [1.807, 2.05) is 32.3 Å². The van der Waals surface area contributed by atoms with E-state index in [-0.39, 0.29) is 28.8 Å². The second-order valence-electron chi connectivity index (χ2n) is 8.91. The number of nitrogens with zero attached hydrogens (tertiary/aromatic N) is 3. The van der Waals surface area contributed by atoms with Crippen molar-refractivity contribution in [2.24, 2.45) is 0 Å². The fourth-order valence-electron chi connectivity index (χ4n) is 4.56. The van der Waals surface area contributed by atoms with E-state index in [1.54, 1.807) is 6.07 Å². The van der Waals surface area contributed by atoms with Crippen molar-refractivity contribution < 1.29 is 9.13 Å². The summed E-state index contributed by atoms with van der Waals surface area (Å²) in [7, 11) is 4.08. The Hall–Kier alpha value is -3.43. The third-order valence-corrected chi connectivity index (χ3v) is 6.14. The van der Waals surface area contributed by atoms with Gasteiger partial charge in [-0.2, -0.15) is 0 Å². The number of anilines is 2. The molecule has 4 aromatic rings. The maximum absolute atomic E-state index is 14.4. The Balaban J connectivity index is 1.54. The third-order valence-electron chi connectivity index (χ3n) is 6.14. The van der Waals surface area contributed by atoms with Crippen molar-refractivity contribution in [3.05, 3.63) is 52.6 Å². The van der Waals surface area contributed by atoms with Gasteiger partial charge in [-0.1, -0.05) is 6.07 Å². The van der Waals surface area contributed by atoms with Gasteiger partial charge in [-0.3, -0.25) is 4.79 Å². The van der Waals surface area contributed by atoms with Crippen molar-refractivity contribution >= 4 is 33.3 Å². The van der Waals surface area contributed by atoms with Crippen molar-refractivity contribution in [2.75, 3.05) is 44.4 Å². The average Bonchev–Trinajstić information content (AvgIpc) is 3.17. The van der Waals surface area contributed by atoms with Gasteiger partial charge in [-0.05, 0) is 51.4 Å². The number of halogens is 1. The lowest BCUT2D eigenvalue weighted by Gasteiger charge is -2.40. The zero-order valence-electron chi connectivity index (χ0n) is 18.9. The predicted octanol–water partition coefficient (Wildman–Crippen LogP) is 2.95. The van der Waals surface area contributed by atoms with Crippen LogP contribution >= 0.6 is 0 Å². The van der Waals surface area contributed by atoms with E-state index >= 15 is 0 Å². The predicted molar refractivity (Wildman–Crippen MR) is 129 cm³/mol. The zero-order chi connectivity index (χ0) is 23.3. The first-order valence-corrected chi connectivity index (χ1v) is 10.9. The number of morpholine rings is 1. The van der Waals surface area contributed by atoms with Gasteiger partial charge in [0.05, 0.1) is 40.3 Å². The topological polar surface area (TPSA) is 103 Å². The van der Waals surface area contributed by atoms with Crippen molar-refractivity contribution in [2.45, 2.75) is 19.1 Å². The Kier molecular flexibility index (Phi) is 5.30. The minimum Gasteiger partial charge on any atom is -0.397 e. The summed E-state index contributed by atoms with van der Waals surface area (Å²) in [6.45, 7) is 4.42. The minimum absolute atomic E-state index is 0.0689. The number of nitrogens with two attached hydrogens (primary N) is 1. The molecule has 2 aromatic heterocycles. The molecule has 1 saturated heterocycles. The highest BCUT2D eigenvalue weighted by Gasteiger charge is 2.27. The number of hydrogen-bond acceptors (Lipinski definition) is 6. The molecule has 2 atom stereocenters. The quantitative estimate of drug-likeness (QED) is 0.442. The van der Waals surface area contributed by atoms with E-state index in [9.17, 15) is 9.18 Å². The third kappa shape index (κ3) is 3.83. The van der Waals surface area contributed by atoms with Gasteiger partial charge in [0, 0.05) is 24.8 Å². The summed E-state index contributed by atoms with van der Waals surface area (Å²) in [6.07, 6.45) is 0.120. The van der Waals surface area contributed by atoms with Gasteiger partial charge in [0.15, 0.2) is 0 Å². The summed E-state index contributed by atoms with van der Waals surface area (Å²) in [6, 6.07) is 10.7. The number of hydrogen-bond donors (Lipinski definition) is 3. The van der Waals surface area contributed by atoms with Crippen molar-refractivity contribution in [3.63, 3.8) is 0 Å². The van der Waals surface area contributed by atoms with Gasteiger partial charge in [-0.15, -0.1) is 0 Å². The Bertz CT molecular complexity index is 1400. The van der Waals surface area contributed by atoms with Crippen LogP contribution in [0.1, 0.15) is 6.92 Å². The van der Waals surface area contributed by atoms with Gasteiger partial charge in [0.1, 0.15) is 17.2 Å². The number of pyridine rings is 1. The highest BCUT2D eigenvalue weighted by atomic mass is 19.1. The number of nitrogens with one attached hydrogen (secondary N) is 2. The first-order valence-electron chi connectivity index (χ1n) is 10.9. The van der Waals surface area contributed by atoms with E-state index in [0.717, 1.165) is 24.3 Å². The molecular formula is C24H27FN6O2. The van der Waals surface area contributed by atoms with E-state index < -0.39 is 11.4 Å². The molecule has 1 fully saturated rings. The molecule has 9 heteroatoms. The molecule has 0 radical (unpaired) electrons. The van der Waals surface area contributed by atoms with Crippen LogP contribution in [0.4, 0.5) is 15.8 Å². The van der Waals surface area contributed by atoms with Crippen LogP contribution < -0.4 is 16.2 Å². The molecule has 5 rings (SSSR count). The summed E-state index contributed by atoms with van der Waals surface area (Å²) >= 11 is 0. The number of fused-ring (bicyclic) bond motifs is 2. The number of H-pyrrole nitrogens is 2. The van der Waals surface area contributed by atoms with Crippen LogP contribution in [0.2, 0.25) is 0 Å². The molecule has 0 saturated carbocycles. The zero-order valence-corrected chi connectivity index (χ0v) is 18.9. The number of likely N-dealkylation sites (N-methyl/N-ethyl adjacent to an activating group) is 1. The molecule has 4 N–H and O–H groups in total. The summed E-state index contributed by atoms with van der Waals surface area (Å²) in [4.78, 5) is 27.7. The van der Waals surface area contributed by atoms with Crippen LogP contribution in [0.15, 0.2) is 41.2 Å². The first kappa shape index (κ1) is 21.4. The summed E-state index contributed by atoms with van der Waals surface area (Å²) in [5, 5.41) is 0.183. The monoisotopic (exact) mass is 450 g/mol. The maximum atomic E-state index is 14.4. The van der Waals surface area contributed by atoms with Gasteiger partial charge in [0.2, 0.25) is 0 Å². The molecule has 8 nitrogen and oxygen atoms in total. The molecule has 0 amide bonds. The number of nitrogen functional groups attached to an aromatic ring is 1. The van der Waals surface area contributed by atoms with Crippen molar-refractivity contribution in [1.82, 2.24) is 19.9 Å². The van der Waals surface area contributed by atoms with Crippen LogP contribution in [0.25, 0.3) is 33.3 Å². The van der Waals surface area contributed by atoms with Crippen LogP contribution in [0.3, 0.4) is 0 Å². The lowest BCUT2D eigenvalue weighted by molar-refractivity contribution is 0.00880. The summed E-state index contributed by atoms with van der Waals surface area (Å²) in [5.74, 6) is -0.180. The number of aromatic nitrogens is 3. The number of ether oxygens (including phenoxy) is 1. The minimum atomic E-state index is -0.491. The lowest BCUT2D eigenvalue weighted by atomic mass is 10.1. The Morgan fingerprint density at radius 2 is 2.06 bits per heavy atom. The van der Waals surface area contributed by atoms with Crippen molar-refractivity contribution in [3.8, 4) is 11.4 Å². The van der Waals surface area contributed by atoms with Crippen molar-refractivity contribution in [1.29, 1.82) is 0 Å². The van der Waals surface area contributed by atoms with E-state index in [0.29, 0.717) is 23.5 Å². The second-order valence-corrected chi connectivity index (χ2v) is 8.91. The molecule has 2 aromatic carbocycles.